The first-order valence-corrected chi connectivity index (χ1v) is 8.95. The van der Waals surface area contributed by atoms with Crippen LogP contribution in [0.4, 0.5) is 5.69 Å². The summed E-state index contributed by atoms with van der Waals surface area (Å²) in [5.74, 6) is -0.287. The summed E-state index contributed by atoms with van der Waals surface area (Å²) in [5.41, 5.74) is 0.0620. The number of hydrogen-bond acceptors (Lipinski definition) is 7. The van der Waals surface area contributed by atoms with Gasteiger partial charge in [-0.1, -0.05) is 26.7 Å². The molecule has 1 fully saturated rings. The van der Waals surface area contributed by atoms with E-state index in [2.05, 4.69) is 9.97 Å². The minimum Gasteiger partial charge on any atom is -0.446 e. The second kappa shape index (κ2) is 9.05. The van der Waals surface area contributed by atoms with Crippen LogP contribution in [0.15, 0.2) is 6.20 Å². The van der Waals surface area contributed by atoms with Crippen LogP contribution in [0.25, 0.3) is 0 Å². The fourth-order valence-corrected chi connectivity index (χ4v) is 3.30. The predicted molar refractivity (Wildman–Crippen MR) is 92.0 cm³/mol. The zero-order chi connectivity index (χ0) is 18.4. The van der Waals surface area contributed by atoms with Crippen molar-refractivity contribution in [1.29, 1.82) is 0 Å². The molecule has 1 aromatic heterocycles. The molecule has 1 aromatic rings. The standard InChI is InChI=1S/C16H23ClN4O4/c1-3-14(25-15(22)4-2)20(11-7-5-6-8-11)10-12-13(21(23)24)9-18-16(17)19-12/h9,11,14H,3-8,10H2,1-2H3. The molecule has 1 aliphatic carbocycles. The Labute approximate surface area is 151 Å². The number of ether oxygens (including phenoxy) is 1. The number of carbonyl (C=O) groups is 1. The number of carbonyl (C=O) groups excluding carboxylic acids is 1. The number of rotatable bonds is 8. The monoisotopic (exact) mass is 370 g/mol. The Hall–Kier alpha value is -1.80. The molecule has 1 atom stereocenters. The van der Waals surface area contributed by atoms with Gasteiger partial charge in [0.25, 0.3) is 0 Å². The van der Waals surface area contributed by atoms with E-state index < -0.39 is 11.2 Å². The summed E-state index contributed by atoms with van der Waals surface area (Å²) >= 11 is 5.84. The molecule has 2 rings (SSSR count). The Kier molecular flexibility index (Phi) is 7.07. The molecule has 0 saturated heterocycles. The molecule has 0 aromatic carbocycles. The summed E-state index contributed by atoms with van der Waals surface area (Å²) in [6.45, 7) is 3.86. The predicted octanol–water partition coefficient (Wildman–Crippen LogP) is 3.47. The number of esters is 1. The van der Waals surface area contributed by atoms with Gasteiger partial charge < -0.3 is 4.74 Å². The van der Waals surface area contributed by atoms with Crippen LogP contribution in [0.5, 0.6) is 0 Å². The second-order valence-electron chi connectivity index (χ2n) is 6.05. The largest absolute Gasteiger partial charge is 0.446 e. The van der Waals surface area contributed by atoms with Crippen molar-refractivity contribution in [2.24, 2.45) is 0 Å². The van der Waals surface area contributed by atoms with Gasteiger partial charge in [-0.2, -0.15) is 0 Å². The van der Waals surface area contributed by atoms with Crippen LogP contribution in [0.1, 0.15) is 58.1 Å². The smallest absolute Gasteiger partial charge is 0.310 e. The summed E-state index contributed by atoms with van der Waals surface area (Å²) in [4.78, 5) is 32.3. The van der Waals surface area contributed by atoms with Crippen LogP contribution in [0.2, 0.25) is 5.28 Å². The molecule has 9 heteroatoms. The molecular formula is C16H23ClN4O4. The molecule has 0 spiro atoms. The van der Waals surface area contributed by atoms with Crippen molar-refractivity contribution >= 4 is 23.3 Å². The maximum atomic E-state index is 11.8. The topological polar surface area (TPSA) is 98.5 Å². The van der Waals surface area contributed by atoms with E-state index >= 15 is 0 Å². The van der Waals surface area contributed by atoms with E-state index in [4.69, 9.17) is 16.3 Å². The Bertz CT molecular complexity index is 622. The first kappa shape index (κ1) is 19.5. The highest BCUT2D eigenvalue weighted by atomic mass is 35.5. The van der Waals surface area contributed by atoms with Gasteiger partial charge in [0.2, 0.25) is 5.28 Å². The van der Waals surface area contributed by atoms with Gasteiger partial charge in [0.05, 0.1) is 11.5 Å². The molecule has 25 heavy (non-hydrogen) atoms. The van der Waals surface area contributed by atoms with Gasteiger partial charge in [-0.3, -0.25) is 19.8 Å². The van der Waals surface area contributed by atoms with Crippen LogP contribution >= 0.6 is 11.6 Å². The lowest BCUT2D eigenvalue weighted by Crippen LogP contribution is -2.44. The van der Waals surface area contributed by atoms with E-state index in [9.17, 15) is 14.9 Å². The van der Waals surface area contributed by atoms with Gasteiger partial charge in [-0.15, -0.1) is 0 Å². The lowest BCUT2D eigenvalue weighted by Gasteiger charge is -2.35. The fourth-order valence-electron chi connectivity index (χ4n) is 3.15. The second-order valence-corrected chi connectivity index (χ2v) is 6.38. The Morgan fingerprint density at radius 2 is 2.16 bits per heavy atom. The molecule has 0 radical (unpaired) electrons. The number of aromatic nitrogens is 2. The molecule has 1 heterocycles. The number of halogens is 1. The quantitative estimate of drug-likeness (QED) is 0.227. The van der Waals surface area contributed by atoms with Gasteiger partial charge in [0.15, 0.2) is 6.23 Å². The van der Waals surface area contributed by atoms with Crippen LogP contribution in [0.3, 0.4) is 0 Å². The van der Waals surface area contributed by atoms with Crippen LogP contribution < -0.4 is 0 Å². The average Bonchev–Trinajstić information content (AvgIpc) is 3.11. The Morgan fingerprint density at radius 3 is 2.72 bits per heavy atom. The molecule has 1 saturated carbocycles. The summed E-state index contributed by atoms with van der Waals surface area (Å²) in [6.07, 6.45) is 5.67. The SMILES string of the molecule is CCC(=O)OC(CC)N(Cc1nc(Cl)ncc1[N+](=O)[O-])C1CCCC1. The van der Waals surface area contributed by atoms with E-state index in [1.165, 1.54) is 0 Å². The lowest BCUT2D eigenvalue weighted by molar-refractivity contribution is -0.386. The molecule has 0 bridgehead atoms. The van der Waals surface area contributed by atoms with Crippen molar-refractivity contribution in [2.45, 2.75) is 71.2 Å². The minimum atomic E-state index is -0.516. The number of nitrogens with zero attached hydrogens (tertiary/aromatic N) is 4. The highest BCUT2D eigenvalue weighted by Crippen LogP contribution is 2.30. The molecule has 1 aliphatic rings. The zero-order valence-electron chi connectivity index (χ0n) is 14.5. The van der Waals surface area contributed by atoms with Crippen LogP contribution in [0, 0.1) is 10.1 Å². The van der Waals surface area contributed by atoms with Gasteiger partial charge >= 0.3 is 11.7 Å². The Balaban J connectivity index is 2.31. The highest BCUT2D eigenvalue weighted by molar-refractivity contribution is 6.28. The molecular weight excluding hydrogens is 348 g/mol. The van der Waals surface area contributed by atoms with Crippen molar-refractivity contribution < 1.29 is 14.5 Å². The zero-order valence-corrected chi connectivity index (χ0v) is 15.2. The van der Waals surface area contributed by atoms with Crippen molar-refractivity contribution in [3.05, 3.63) is 27.3 Å². The number of hydrogen-bond donors (Lipinski definition) is 0. The maximum Gasteiger partial charge on any atom is 0.310 e. The molecule has 138 valence electrons. The van der Waals surface area contributed by atoms with E-state index in [1.54, 1.807) is 6.92 Å². The lowest BCUT2D eigenvalue weighted by atomic mass is 10.1. The van der Waals surface area contributed by atoms with Gasteiger partial charge in [-0.05, 0) is 30.9 Å². The molecule has 0 aliphatic heterocycles. The third-order valence-corrected chi connectivity index (χ3v) is 4.60. The van der Waals surface area contributed by atoms with Gasteiger partial charge in [0, 0.05) is 12.5 Å². The fraction of sp³-hybridized carbons (Fsp3) is 0.688. The van der Waals surface area contributed by atoms with Gasteiger partial charge in [-0.25, -0.2) is 9.97 Å². The van der Waals surface area contributed by atoms with E-state index in [0.717, 1.165) is 31.9 Å². The van der Waals surface area contributed by atoms with E-state index in [0.29, 0.717) is 6.42 Å². The van der Waals surface area contributed by atoms with Crippen LogP contribution in [-0.2, 0) is 16.1 Å². The summed E-state index contributed by atoms with van der Waals surface area (Å²) < 4.78 is 5.57. The third kappa shape index (κ3) is 5.09. The average molecular weight is 371 g/mol. The maximum absolute atomic E-state index is 11.8. The normalized spacial score (nSPS) is 16.2. The van der Waals surface area contributed by atoms with Crippen molar-refractivity contribution in [1.82, 2.24) is 14.9 Å². The van der Waals surface area contributed by atoms with E-state index in [1.807, 2.05) is 11.8 Å². The molecule has 0 N–H and O–H groups in total. The molecule has 8 nitrogen and oxygen atoms in total. The highest BCUT2D eigenvalue weighted by Gasteiger charge is 2.32. The minimum absolute atomic E-state index is 0.0365. The Morgan fingerprint density at radius 1 is 1.48 bits per heavy atom. The summed E-state index contributed by atoms with van der Waals surface area (Å²) in [6, 6.07) is 0.197. The first-order valence-electron chi connectivity index (χ1n) is 8.57. The van der Waals surface area contributed by atoms with E-state index in [-0.39, 0.29) is 41.6 Å². The summed E-state index contributed by atoms with van der Waals surface area (Å²) in [7, 11) is 0. The number of nitro groups is 1. The molecule has 1 unspecified atom stereocenters. The van der Waals surface area contributed by atoms with Crippen molar-refractivity contribution in [3.63, 3.8) is 0 Å². The molecule has 0 amide bonds. The van der Waals surface area contributed by atoms with Crippen molar-refractivity contribution in [2.75, 3.05) is 0 Å². The summed E-state index contributed by atoms with van der Waals surface area (Å²) in [5, 5.41) is 11.2. The van der Waals surface area contributed by atoms with Crippen LogP contribution in [-0.4, -0.2) is 38.0 Å². The third-order valence-electron chi connectivity index (χ3n) is 4.41. The van der Waals surface area contributed by atoms with Gasteiger partial charge in [0.1, 0.15) is 11.9 Å². The first-order chi connectivity index (χ1) is 12.0. The van der Waals surface area contributed by atoms with Crippen molar-refractivity contribution in [3.8, 4) is 0 Å².